The fraction of sp³-hybridized carbons (Fsp3) is 0.520. The first kappa shape index (κ1) is 25.8. The van der Waals surface area contributed by atoms with Crippen molar-refractivity contribution in [1.29, 1.82) is 0 Å². The van der Waals surface area contributed by atoms with Gasteiger partial charge in [0.05, 0.1) is 6.61 Å². The molecule has 0 amide bonds. The van der Waals surface area contributed by atoms with E-state index in [2.05, 4.69) is 6.08 Å². The van der Waals surface area contributed by atoms with E-state index in [1.807, 2.05) is 26.8 Å². The Labute approximate surface area is 180 Å². The minimum absolute atomic E-state index is 0.281. The van der Waals surface area contributed by atoms with Gasteiger partial charge in [0.25, 0.3) is 0 Å². The van der Waals surface area contributed by atoms with Crippen LogP contribution in [0.1, 0.15) is 60.8 Å². The van der Waals surface area contributed by atoms with E-state index in [9.17, 15) is 19.8 Å². The molecule has 5 nitrogen and oxygen atoms in total. The highest BCUT2D eigenvalue weighted by Gasteiger charge is 2.32. The summed E-state index contributed by atoms with van der Waals surface area (Å²) in [7, 11) is 0. The van der Waals surface area contributed by atoms with Crippen LogP contribution in [-0.4, -0.2) is 40.3 Å². The molecule has 0 aliphatic heterocycles. The Morgan fingerprint density at radius 3 is 2.43 bits per heavy atom. The minimum Gasteiger partial charge on any atom is -0.452 e. The molecule has 3 atom stereocenters. The van der Waals surface area contributed by atoms with Gasteiger partial charge in [0.2, 0.25) is 0 Å². The van der Waals surface area contributed by atoms with E-state index >= 15 is 0 Å². The Balaban J connectivity index is 3.38. The van der Waals surface area contributed by atoms with Crippen LogP contribution in [0, 0.1) is 5.41 Å². The number of carbonyl (C=O) groups is 2. The summed E-state index contributed by atoms with van der Waals surface area (Å²) >= 11 is 0. The molecule has 0 unspecified atom stereocenters. The largest absolute Gasteiger partial charge is 0.452 e. The molecule has 0 heterocycles. The molecule has 1 aliphatic carbocycles. The van der Waals surface area contributed by atoms with Crippen molar-refractivity contribution in [3.05, 3.63) is 59.3 Å². The summed E-state index contributed by atoms with van der Waals surface area (Å²) in [5.41, 5.74) is 0.344. The molecule has 0 radical (unpaired) electrons. The number of rotatable bonds is 6. The number of aliphatic hydroxyl groups is 2. The fourth-order valence-corrected chi connectivity index (χ4v) is 3.06. The molecule has 1 rings (SSSR count). The maximum absolute atomic E-state index is 12.5. The third-order valence-corrected chi connectivity index (χ3v) is 5.04. The third kappa shape index (κ3) is 8.64. The van der Waals surface area contributed by atoms with E-state index in [-0.39, 0.29) is 23.4 Å². The van der Waals surface area contributed by atoms with Crippen LogP contribution in [0.3, 0.4) is 0 Å². The van der Waals surface area contributed by atoms with Crippen molar-refractivity contribution in [3.8, 4) is 0 Å². The van der Waals surface area contributed by atoms with Crippen molar-refractivity contribution in [2.45, 2.75) is 72.5 Å². The van der Waals surface area contributed by atoms with Gasteiger partial charge >= 0.3 is 5.97 Å². The lowest BCUT2D eigenvalue weighted by Gasteiger charge is -2.29. The molecule has 0 aromatic carbocycles. The molecular formula is C25H36O5. The summed E-state index contributed by atoms with van der Waals surface area (Å²) < 4.78 is 5.52. The Bertz CT molecular complexity index is 771. The number of carbonyl (C=O) groups excluding carboxylic acids is 2. The van der Waals surface area contributed by atoms with Crippen molar-refractivity contribution in [2.75, 3.05) is 6.61 Å². The maximum atomic E-state index is 12.5. The lowest BCUT2D eigenvalue weighted by Crippen LogP contribution is -2.39. The van der Waals surface area contributed by atoms with Crippen LogP contribution in [0.2, 0.25) is 0 Å². The van der Waals surface area contributed by atoms with Crippen molar-refractivity contribution in [1.82, 2.24) is 0 Å². The standard InChI is InChI=1S/C25H36O5/c1-18(2)8-7-12-24(5)13-9-20(17-26)21(27)10-15-25(6,29)22(11-14-24)30-23(28)16-19(3)4/h8-11,14-16,22,26,29H,7,12-13,17H2,1-6H3/b14-11+,15-10+,20-9-/t22-,24-,25+/m0/s1. The first-order chi connectivity index (χ1) is 13.9. The summed E-state index contributed by atoms with van der Waals surface area (Å²) in [6.45, 7) is 10.8. The molecular weight excluding hydrogens is 380 g/mol. The number of hydrogen-bond donors (Lipinski definition) is 2. The van der Waals surface area contributed by atoms with Gasteiger partial charge in [-0.2, -0.15) is 0 Å². The van der Waals surface area contributed by atoms with Crippen LogP contribution in [0.25, 0.3) is 0 Å². The molecule has 1 aliphatic rings. The molecule has 0 spiro atoms. The van der Waals surface area contributed by atoms with Gasteiger partial charge in [-0.05, 0) is 77.5 Å². The first-order valence-electron chi connectivity index (χ1n) is 10.3. The van der Waals surface area contributed by atoms with Crippen molar-refractivity contribution < 1.29 is 24.5 Å². The highest BCUT2D eigenvalue weighted by atomic mass is 16.6. The number of allylic oxidation sites excluding steroid dienone is 6. The van der Waals surface area contributed by atoms with Crippen LogP contribution in [0.5, 0.6) is 0 Å². The second kappa shape index (κ2) is 11.2. The number of aliphatic hydroxyl groups excluding tert-OH is 1. The van der Waals surface area contributed by atoms with Crippen LogP contribution in [-0.2, 0) is 14.3 Å². The highest BCUT2D eigenvalue weighted by Crippen LogP contribution is 2.33. The highest BCUT2D eigenvalue weighted by molar-refractivity contribution is 6.04. The lowest BCUT2D eigenvalue weighted by atomic mass is 9.80. The zero-order valence-electron chi connectivity index (χ0n) is 19.1. The molecule has 0 aromatic rings. The van der Waals surface area contributed by atoms with Crippen LogP contribution >= 0.6 is 0 Å². The van der Waals surface area contributed by atoms with E-state index in [0.717, 1.165) is 18.4 Å². The minimum atomic E-state index is -1.59. The topological polar surface area (TPSA) is 83.8 Å². The first-order valence-corrected chi connectivity index (χ1v) is 10.3. The van der Waals surface area contributed by atoms with Crippen molar-refractivity contribution in [2.24, 2.45) is 5.41 Å². The molecule has 0 fully saturated rings. The van der Waals surface area contributed by atoms with Crippen LogP contribution in [0.15, 0.2) is 59.3 Å². The van der Waals surface area contributed by atoms with Crippen LogP contribution < -0.4 is 0 Å². The summed E-state index contributed by atoms with van der Waals surface area (Å²) in [5.74, 6) is -0.930. The fourth-order valence-electron chi connectivity index (χ4n) is 3.06. The Hall–Kier alpha value is -2.24. The number of esters is 1. The van der Waals surface area contributed by atoms with Gasteiger partial charge in [0, 0.05) is 11.6 Å². The van der Waals surface area contributed by atoms with E-state index < -0.39 is 17.7 Å². The number of hydrogen-bond acceptors (Lipinski definition) is 5. The quantitative estimate of drug-likeness (QED) is 0.382. The van der Waals surface area contributed by atoms with Gasteiger partial charge in [0.1, 0.15) is 5.60 Å². The lowest BCUT2D eigenvalue weighted by molar-refractivity contribution is -0.148. The van der Waals surface area contributed by atoms with Gasteiger partial charge in [-0.3, -0.25) is 4.79 Å². The summed E-state index contributed by atoms with van der Waals surface area (Å²) in [6.07, 6.45) is 12.7. The molecule has 0 saturated heterocycles. The average Bonchev–Trinajstić information content (AvgIpc) is 2.63. The van der Waals surface area contributed by atoms with E-state index in [4.69, 9.17) is 4.74 Å². The predicted molar refractivity (Wildman–Crippen MR) is 120 cm³/mol. The van der Waals surface area contributed by atoms with Gasteiger partial charge in [-0.25, -0.2) is 4.79 Å². The molecule has 166 valence electrons. The summed E-state index contributed by atoms with van der Waals surface area (Å²) in [4.78, 5) is 24.7. The van der Waals surface area contributed by atoms with Crippen molar-refractivity contribution >= 4 is 11.8 Å². The van der Waals surface area contributed by atoms with Crippen molar-refractivity contribution in [3.63, 3.8) is 0 Å². The van der Waals surface area contributed by atoms with Gasteiger partial charge in [0.15, 0.2) is 11.9 Å². The van der Waals surface area contributed by atoms with Gasteiger partial charge in [-0.15, -0.1) is 0 Å². The second-order valence-corrected chi connectivity index (χ2v) is 8.93. The molecule has 5 heteroatoms. The number of ether oxygens (including phenoxy) is 1. The number of ketones is 1. The SMILES string of the molecule is CC(C)=CCC[C@]1(C)/C=C/[C@H](OC(=O)C=C(C)C)[C@](C)(O)/C=C/C(=O)/C(CO)=C\C1. The van der Waals surface area contributed by atoms with Gasteiger partial charge in [-0.1, -0.05) is 36.3 Å². The molecule has 2 N–H and O–H groups in total. The normalized spacial score (nSPS) is 30.9. The molecule has 0 bridgehead atoms. The van der Waals surface area contributed by atoms with Gasteiger partial charge < -0.3 is 14.9 Å². The van der Waals surface area contributed by atoms with E-state index in [0.29, 0.717) is 6.42 Å². The third-order valence-electron chi connectivity index (χ3n) is 5.04. The zero-order chi connectivity index (χ0) is 22.9. The Kier molecular flexibility index (Phi) is 9.66. The molecule has 30 heavy (non-hydrogen) atoms. The maximum Gasteiger partial charge on any atom is 0.331 e. The summed E-state index contributed by atoms with van der Waals surface area (Å²) in [6, 6.07) is 0. The zero-order valence-corrected chi connectivity index (χ0v) is 19.1. The Morgan fingerprint density at radius 1 is 1.20 bits per heavy atom. The monoisotopic (exact) mass is 416 g/mol. The predicted octanol–water partition coefficient (Wildman–Crippen LogP) is 4.37. The van der Waals surface area contributed by atoms with E-state index in [1.165, 1.54) is 30.7 Å². The average molecular weight is 417 g/mol. The second-order valence-electron chi connectivity index (χ2n) is 8.93. The molecule has 0 saturated carbocycles. The smallest absolute Gasteiger partial charge is 0.331 e. The van der Waals surface area contributed by atoms with Crippen LogP contribution in [0.4, 0.5) is 0 Å². The Morgan fingerprint density at radius 2 is 1.87 bits per heavy atom. The molecule has 0 aromatic heterocycles. The van der Waals surface area contributed by atoms with E-state index in [1.54, 1.807) is 26.0 Å². The summed E-state index contributed by atoms with van der Waals surface area (Å²) in [5, 5.41) is 20.6.